The van der Waals surface area contributed by atoms with Gasteiger partial charge in [0.1, 0.15) is 0 Å². The molecule has 4 saturated carbocycles. The van der Waals surface area contributed by atoms with Crippen LogP contribution in [0.25, 0.3) is 0 Å². The van der Waals surface area contributed by atoms with Crippen LogP contribution in [0.15, 0.2) is 121 Å². The first-order valence-corrected chi connectivity index (χ1v) is 21.1. The van der Waals surface area contributed by atoms with E-state index in [4.69, 9.17) is 0 Å². The van der Waals surface area contributed by atoms with E-state index in [1.807, 2.05) is 11.3 Å². The van der Waals surface area contributed by atoms with Crippen LogP contribution in [0.4, 0.5) is 0 Å². The molecule has 0 bridgehead atoms. The molecule has 0 saturated heterocycles. The largest absolute Gasteiger partial charge is 0.0622 e. The third-order valence-electron chi connectivity index (χ3n) is 10.4. The van der Waals surface area contributed by atoms with Gasteiger partial charge in [-0.2, -0.15) is 0 Å². The van der Waals surface area contributed by atoms with Crippen molar-refractivity contribution in [3.63, 3.8) is 0 Å². The fraction of sp³-hybridized carbons (Fsp3) is 0.409. The molecule has 8 rings (SSSR count). The van der Waals surface area contributed by atoms with Crippen molar-refractivity contribution in [2.75, 3.05) is 0 Å². The van der Waals surface area contributed by atoms with E-state index in [9.17, 15) is 0 Å². The van der Waals surface area contributed by atoms with Crippen LogP contribution in [0.1, 0.15) is 103 Å². The number of hydrogen-bond donors (Lipinski definition) is 0. The first-order valence-electron chi connectivity index (χ1n) is 18.4. The molecule has 4 fully saturated rings. The molecule has 0 aliphatic heterocycles. The minimum Gasteiger partial charge on any atom is -0.0622 e. The van der Waals surface area contributed by atoms with Gasteiger partial charge >= 0.3 is 0 Å². The van der Waals surface area contributed by atoms with Crippen molar-refractivity contribution in [2.45, 2.75) is 103 Å². The van der Waals surface area contributed by atoms with E-state index in [-0.39, 0.29) is 34.1 Å². The van der Waals surface area contributed by atoms with Gasteiger partial charge in [-0.3, -0.25) is 0 Å². The molecule has 4 aromatic rings. The number of rotatable bonds is 7. The Labute approximate surface area is 316 Å². The summed E-state index contributed by atoms with van der Waals surface area (Å²) in [6, 6.07) is 45.5. The summed E-state index contributed by atoms with van der Waals surface area (Å²) in [6.07, 6.45) is 23.0. The van der Waals surface area contributed by atoms with Crippen molar-refractivity contribution < 1.29 is 34.1 Å². The van der Waals surface area contributed by atoms with E-state index < -0.39 is 15.8 Å². The zero-order valence-electron chi connectivity index (χ0n) is 28.6. The summed E-state index contributed by atoms with van der Waals surface area (Å²) >= 11 is 0. The summed E-state index contributed by atoms with van der Waals surface area (Å²) in [5.41, 5.74) is 3.70. The Kier molecular flexibility index (Phi) is 18.0. The summed E-state index contributed by atoms with van der Waals surface area (Å²) in [6.45, 7) is 0. The molecule has 4 aromatic carbocycles. The molecule has 2 unspecified atom stereocenters. The molecule has 48 heavy (non-hydrogen) atoms. The second-order valence-electron chi connectivity index (χ2n) is 13.5. The molecule has 2 atom stereocenters. The number of benzene rings is 4. The van der Waals surface area contributed by atoms with Crippen LogP contribution in [0, 0.1) is 23.2 Å². The van der Waals surface area contributed by atoms with Gasteiger partial charge in [-0.25, -0.2) is 0 Å². The Hall–Kier alpha value is -1.22. The Morgan fingerprint density at radius 2 is 0.542 bits per heavy atom. The van der Waals surface area contributed by atoms with Gasteiger partial charge in [0.15, 0.2) is 0 Å². The van der Waals surface area contributed by atoms with E-state index in [0.29, 0.717) is 11.8 Å². The van der Waals surface area contributed by atoms with Crippen LogP contribution in [0.5, 0.6) is 0 Å². The maximum atomic E-state index is 2.38. The first-order chi connectivity index (χ1) is 22.9. The zero-order valence-corrected chi connectivity index (χ0v) is 32.6. The van der Waals surface area contributed by atoms with Crippen molar-refractivity contribution in [1.82, 2.24) is 0 Å². The third kappa shape index (κ3) is 10.9. The average molecular weight is 757 g/mol. The molecule has 0 heterocycles. The van der Waals surface area contributed by atoms with Gasteiger partial charge in [-0.1, -0.05) is 198 Å². The van der Waals surface area contributed by atoms with Crippen molar-refractivity contribution in [3.05, 3.63) is 133 Å². The second-order valence-corrected chi connectivity index (χ2v) is 18.1. The van der Waals surface area contributed by atoms with E-state index >= 15 is 0 Å². The van der Waals surface area contributed by atoms with Crippen LogP contribution < -0.4 is 21.2 Å². The zero-order chi connectivity index (χ0) is 31.2. The van der Waals surface area contributed by atoms with Crippen LogP contribution in [-0.2, 0) is 34.1 Å². The predicted octanol–water partition coefficient (Wildman–Crippen LogP) is 11.8. The Morgan fingerprint density at radius 3 is 0.771 bits per heavy atom. The average Bonchev–Trinajstić information content (AvgIpc) is 3.97. The fourth-order valence-electron chi connectivity index (χ4n) is 8.17. The quantitative estimate of drug-likeness (QED) is 0.130. The second kappa shape index (κ2) is 21.9. The van der Waals surface area contributed by atoms with Crippen LogP contribution in [0.2, 0.25) is 0 Å². The molecule has 0 nitrogen and oxygen atoms in total. The molecule has 0 aromatic heterocycles. The molecule has 256 valence electrons. The van der Waals surface area contributed by atoms with Crippen molar-refractivity contribution in [2.24, 2.45) is 11.8 Å². The molecule has 2 radical (unpaired) electrons. The summed E-state index contributed by atoms with van der Waals surface area (Å²) in [7, 11) is -0.887. The summed E-state index contributed by atoms with van der Waals surface area (Å²) in [5.74, 6) is 1.43. The van der Waals surface area contributed by atoms with Crippen molar-refractivity contribution >= 4 is 37.1 Å². The minimum absolute atomic E-state index is 0. The maximum absolute atomic E-state index is 2.38. The smallest absolute Gasteiger partial charge is 0.0121 e. The molecule has 0 amide bonds. The van der Waals surface area contributed by atoms with E-state index in [0.717, 1.165) is 0 Å². The van der Waals surface area contributed by atoms with Crippen molar-refractivity contribution in [3.8, 4) is 0 Å². The van der Waals surface area contributed by atoms with Crippen molar-refractivity contribution in [1.29, 1.82) is 0 Å². The van der Waals surface area contributed by atoms with Gasteiger partial charge in [-0.05, 0) is 74.6 Å². The summed E-state index contributed by atoms with van der Waals surface area (Å²) in [4.78, 5) is 0. The summed E-state index contributed by atoms with van der Waals surface area (Å²) < 4.78 is 0. The van der Waals surface area contributed by atoms with Gasteiger partial charge in [-0.15, -0.1) is 0 Å². The summed E-state index contributed by atoms with van der Waals surface area (Å²) in [5, 5.41) is 6.09. The van der Waals surface area contributed by atoms with E-state index in [1.54, 1.807) is 0 Å². The van der Waals surface area contributed by atoms with Gasteiger partial charge in [0.25, 0.3) is 0 Å². The minimum atomic E-state index is -0.444. The monoisotopic (exact) mass is 756 g/mol. The number of hydrogen-bond acceptors (Lipinski definition) is 0. The van der Waals surface area contributed by atoms with Crippen LogP contribution >= 0.6 is 15.8 Å². The standard InChI is InChI=1S/C34H34P2.2C5H10.2Fe/c1-5-15-27(16-6-1)35(28-17-7-2-8-18-28)33-25-13-23-31(33)32-24-14-26-34(32)36(29-19-9-3-10-20-29)30-21-11-4-12-22-30;2*1-2-4-5-3-1;;/h1-12,15-22,31-32H,13-14,23-26H2;2*1-5H2;;. The molecule has 4 aliphatic carbocycles. The normalized spacial score (nSPS) is 20.7. The predicted molar refractivity (Wildman–Crippen MR) is 205 cm³/mol. The molecular formula is C44H54Fe2P2. The van der Waals surface area contributed by atoms with Gasteiger partial charge in [0.05, 0.1) is 0 Å². The topological polar surface area (TPSA) is 0 Å². The maximum Gasteiger partial charge on any atom is 0.0121 e. The van der Waals surface area contributed by atoms with Gasteiger partial charge in [0.2, 0.25) is 0 Å². The van der Waals surface area contributed by atoms with E-state index in [2.05, 4.69) is 121 Å². The Bertz CT molecular complexity index is 1170. The molecule has 4 heteroatoms. The van der Waals surface area contributed by atoms with Crippen LogP contribution in [-0.4, -0.2) is 0 Å². The van der Waals surface area contributed by atoms with E-state index in [1.165, 1.54) is 124 Å². The molecule has 0 spiro atoms. The third-order valence-corrected chi connectivity index (χ3v) is 15.9. The van der Waals surface area contributed by atoms with Gasteiger partial charge in [0, 0.05) is 45.5 Å². The van der Waals surface area contributed by atoms with Gasteiger partial charge < -0.3 is 0 Å². The fourth-order valence-corrected chi connectivity index (χ4v) is 14.0. The molecule has 4 aliphatic rings. The Morgan fingerprint density at radius 1 is 0.312 bits per heavy atom. The molecule has 0 N–H and O–H groups in total. The SMILES string of the molecule is C1CCCC1.C1CCCC1.[Fe].[Fe].c1ccc(P([C]2CCCC2C2CCC[C]2P(c2ccccc2)c2ccccc2)c2ccccc2)cc1. The first kappa shape index (κ1) is 39.6. The Balaban J connectivity index is 0.000000372. The van der Waals surface area contributed by atoms with Crippen LogP contribution in [0.3, 0.4) is 0 Å². The molecular weight excluding hydrogens is 702 g/mol.